The Morgan fingerprint density at radius 2 is 1.61 bits per heavy atom. The van der Waals surface area contributed by atoms with Gasteiger partial charge in [-0.15, -0.1) is 5.10 Å². The topological polar surface area (TPSA) is 116 Å². The molecular weight excluding hydrogens is 579 g/mol. The monoisotopic (exact) mass is 591 g/mol. The summed E-state index contributed by atoms with van der Waals surface area (Å²) in [6.45, 7) is 1.89. The summed E-state index contributed by atoms with van der Waals surface area (Å²) in [5.41, 5.74) is 6.73. The van der Waals surface area contributed by atoms with Gasteiger partial charge in [0, 0.05) is 10.9 Å². The van der Waals surface area contributed by atoms with Gasteiger partial charge in [-0.1, -0.05) is 46.4 Å². The minimum atomic E-state index is -0.813. The molecule has 3 aromatic carbocycles. The van der Waals surface area contributed by atoms with E-state index >= 15 is 0 Å². The van der Waals surface area contributed by atoms with E-state index in [0.29, 0.717) is 22.5 Å². The number of aromatic amines is 1. The number of anilines is 1. The van der Waals surface area contributed by atoms with E-state index in [1.807, 2.05) is 13.0 Å². The van der Waals surface area contributed by atoms with Crippen molar-refractivity contribution in [3.8, 4) is 28.4 Å². The normalized spacial score (nSPS) is 11.2. The molecule has 5 rings (SSSR count). The number of halogens is 5. The third kappa shape index (κ3) is 4.81. The third-order valence-electron chi connectivity index (χ3n) is 5.57. The lowest BCUT2D eigenvalue weighted by Gasteiger charge is -2.14. The molecule has 0 atom stereocenters. The molecule has 0 fully saturated rings. The molecule has 0 aliphatic carbocycles. The number of aryl methyl sites for hydroxylation is 1. The van der Waals surface area contributed by atoms with Crippen molar-refractivity contribution in [3.63, 3.8) is 0 Å². The highest BCUT2D eigenvalue weighted by atomic mass is 35.5. The standard InChI is InChI=1S/C25H14Cl4FN5O3/c1-10-4-20(11-5-15(26)21(30)16(27)6-11)32-19-3-2-13(9-14(10)19)38-22-17(28)7-12(8-18(22)29)35-25(37)33-24(36)23(31)34-35/h2-9H,1H3,(H2,31,34)(H,33,36,37). The van der Waals surface area contributed by atoms with Crippen LogP contribution in [0.2, 0.25) is 20.1 Å². The van der Waals surface area contributed by atoms with E-state index in [0.717, 1.165) is 15.6 Å². The number of hydrogen-bond acceptors (Lipinski definition) is 6. The van der Waals surface area contributed by atoms with Crippen molar-refractivity contribution in [2.24, 2.45) is 0 Å². The van der Waals surface area contributed by atoms with Gasteiger partial charge in [0.2, 0.25) is 5.82 Å². The minimum Gasteiger partial charge on any atom is -0.454 e. The molecule has 2 aromatic heterocycles. The van der Waals surface area contributed by atoms with E-state index in [2.05, 4.69) is 15.1 Å². The van der Waals surface area contributed by atoms with Crippen LogP contribution in [0.5, 0.6) is 11.5 Å². The second-order valence-corrected chi connectivity index (χ2v) is 9.78. The van der Waals surface area contributed by atoms with Crippen LogP contribution in [0.4, 0.5) is 10.2 Å². The van der Waals surface area contributed by atoms with Gasteiger partial charge in [-0.05, 0) is 61.0 Å². The van der Waals surface area contributed by atoms with Crippen molar-refractivity contribution in [1.82, 2.24) is 19.7 Å². The van der Waals surface area contributed by atoms with Crippen LogP contribution in [-0.4, -0.2) is 19.7 Å². The minimum absolute atomic E-state index is 0.0846. The molecule has 192 valence electrons. The molecule has 5 aromatic rings. The molecule has 0 radical (unpaired) electrons. The summed E-state index contributed by atoms with van der Waals surface area (Å²) < 4.78 is 20.7. The van der Waals surface area contributed by atoms with Crippen molar-refractivity contribution in [3.05, 3.63) is 101 Å². The molecule has 0 saturated carbocycles. The summed E-state index contributed by atoms with van der Waals surface area (Å²) >= 11 is 24.7. The average molecular weight is 593 g/mol. The number of nitrogens with one attached hydrogen (secondary N) is 1. The molecule has 0 amide bonds. The number of ether oxygens (including phenoxy) is 1. The largest absolute Gasteiger partial charge is 0.454 e. The van der Waals surface area contributed by atoms with E-state index in [-0.39, 0.29) is 31.5 Å². The number of hydrogen-bond donors (Lipinski definition) is 2. The van der Waals surface area contributed by atoms with Crippen LogP contribution < -0.4 is 21.7 Å². The van der Waals surface area contributed by atoms with Crippen LogP contribution >= 0.6 is 46.4 Å². The number of nitrogens with zero attached hydrogens (tertiary/aromatic N) is 3. The Hall–Kier alpha value is -3.63. The van der Waals surface area contributed by atoms with Gasteiger partial charge in [-0.3, -0.25) is 9.78 Å². The predicted octanol–water partition coefficient (Wildman–Crippen LogP) is 6.57. The Labute approximate surface area is 233 Å². The molecule has 0 unspecified atom stereocenters. The maximum absolute atomic E-state index is 13.8. The number of nitrogen functional groups attached to an aromatic ring is 1. The maximum atomic E-state index is 13.8. The molecule has 38 heavy (non-hydrogen) atoms. The quantitative estimate of drug-likeness (QED) is 0.228. The lowest BCUT2D eigenvalue weighted by molar-refractivity contribution is 0.483. The number of rotatable bonds is 4. The molecule has 0 aliphatic rings. The van der Waals surface area contributed by atoms with E-state index in [1.165, 1.54) is 24.3 Å². The number of nitrogens with two attached hydrogens (primary N) is 1. The zero-order valence-electron chi connectivity index (χ0n) is 19.2. The first-order valence-electron chi connectivity index (χ1n) is 10.7. The fourth-order valence-corrected chi connectivity index (χ4v) is 4.80. The molecule has 13 heteroatoms. The van der Waals surface area contributed by atoms with Crippen LogP contribution in [0.1, 0.15) is 5.56 Å². The van der Waals surface area contributed by atoms with E-state index < -0.39 is 22.9 Å². The average Bonchev–Trinajstić information content (AvgIpc) is 2.86. The van der Waals surface area contributed by atoms with Gasteiger partial charge in [0.05, 0.1) is 37.0 Å². The van der Waals surface area contributed by atoms with Gasteiger partial charge in [0.15, 0.2) is 11.6 Å². The number of aromatic nitrogens is 4. The van der Waals surface area contributed by atoms with Crippen molar-refractivity contribution < 1.29 is 9.13 Å². The summed E-state index contributed by atoms with van der Waals surface area (Å²) in [6, 6.07) is 12.7. The Balaban J connectivity index is 1.50. The number of fused-ring (bicyclic) bond motifs is 1. The van der Waals surface area contributed by atoms with Crippen molar-refractivity contribution in [2.75, 3.05) is 5.73 Å². The predicted molar refractivity (Wildman–Crippen MR) is 147 cm³/mol. The number of H-pyrrole nitrogens is 1. The van der Waals surface area contributed by atoms with Crippen LogP contribution in [-0.2, 0) is 0 Å². The van der Waals surface area contributed by atoms with Crippen molar-refractivity contribution in [1.29, 1.82) is 0 Å². The molecule has 0 spiro atoms. The Morgan fingerprint density at radius 3 is 2.26 bits per heavy atom. The Bertz CT molecular complexity index is 1840. The molecule has 3 N–H and O–H groups in total. The first-order chi connectivity index (χ1) is 18.0. The zero-order valence-corrected chi connectivity index (χ0v) is 22.2. The second kappa shape index (κ2) is 9.92. The van der Waals surface area contributed by atoms with Gasteiger partial charge in [0.1, 0.15) is 5.75 Å². The molecule has 0 saturated heterocycles. The van der Waals surface area contributed by atoms with E-state index in [9.17, 15) is 14.0 Å². The van der Waals surface area contributed by atoms with Crippen LogP contribution in [0.15, 0.2) is 58.1 Å². The molecule has 0 bridgehead atoms. The lowest BCUT2D eigenvalue weighted by Crippen LogP contribution is -2.33. The smallest absolute Gasteiger partial charge is 0.349 e. The fraction of sp³-hybridized carbons (Fsp3) is 0.0400. The first-order valence-corrected chi connectivity index (χ1v) is 12.3. The van der Waals surface area contributed by atoms with Crippen molar-refractivity contribution >= 4 is 63.1 Å². The van der Waals surface area contributed by atoms with Crippen LogP contribution in [0.3, 0.4) is 0 Å². The Morgan fingerprint density at radius 1 is 0.947 bits per heavy atom. The summed E-state index contributed by atoms with van der Waals surface area (Å²) in [5.74, 6) is -0.526. The highest BCUT2D eigenvalue weighted by Gasteiger charge is 2.16. The summed E-state index contributed by atoms with van der Waals surface area (Å²) in [5, 5.41) is 4.53. The molecular formula is C25H14Cl4FN5O3. The van der Waals surface area contributed by atoms with Gasteiger partial charge in [-0.25, -0.2) is 14.2 Å². The first kappa shape index (κ1) is 26.0. The zero-order chi connectivity index (χ0) is 27.3. The highest BCUT2D eigenvalue weighted by Crippen LogP contribution is 2.39. The SMILES string of the molecule is Cc1cc(-c2cc(Cl)c(F)c(Cl)c2)nc2ccc(Oc3c(Cl)cc(-n4nc(N)c(=O)[nH]c4=O)cc3Cl)cc12. The highest BCUT2D eigenvalue weighted by molar-refractivity contribution is 6.37. The number of pyridine rings is 1. The lowest BCUT2D eigenvalue weighted by atomic mass is 10.0. The molecule has 8 nitrogen and oxygen atoms in total. The molecule has 2 heterocycles. The Kier molecular flexibility index (Phi) is 6.79. The maximum Gasteiger partial charge on any atom is 0.349 e. The van der Waals surface area contributed by atoms with Gasteiger partial charge < -0.3 is 10.5 Å². The molecule has 0 aliphatic heterocycles. The van der Waals surface area contributed by atoms with Gasteiger partial charge in [0.25, 0.3) is 5.56 Å². The van der Waals surface area contributed by atoms with Crippen LogP contribution in [0.25, 0.3) is 27.8 Å². The van der Waals surface area contributed by atoms with Gasteiger partial charge >= 0.3 is 5.69 Å². The summed E-state index contributed by atoms with van der Waals surface area (Å²) in [7, 11) is 0. The summed E-state index contributed by atoms with van der Waals surface area (Å²) in [4.78, 5) is 30.4. The number of benzene rings is 3. The van der Waals surface area contributed by atoms with E-state index in [1.54, 1.807) is 18.2 Å². The van der Waals surface area contributed by atoms with Gasteiger partial charge in [-0.2, -0.15) is 4.68 Å². The fourth-order valence-electron chi connectivity index (χ4n) is 3.76. The van der Waals surface area contributed by atoms with Crippen LogP contribution in [0, 0.1) is 12.7 Å². The summed E-state index contributed by atoms with van der Waals surface area (Å²) in [6.07, 6.45) is 0. The van der Waals surface area contributed by atoms with E-state index in [4.69, 9.17) is 56.9 Å². The third-order valence-corrected chi connectivity index (χ3v) is 6.68. The second-order valence-electron chi connectivity index (χ2n) is 8.15. The van der Waals surface area contributed by atoms with Crippen molar-refractivity contribution in [2.45, 2.75) is 6.92 Å².